The molecule has 2 fully saturated rings. The van der Waals surface area contributed by atoms with Gasteiger partial charge in [0.05, 0.1) is 19.3 Å². The Morgan fingerprint density at radius 2 is 1.85 bits per heavy atom. The molecule has 2 saturated heterocycles. The number of carbonyl (C=O) groups excluding carboxylic acids is 1. The molecule has 26 heavy (non-hydrogen) atoms. The number of ether oxygens (including phenoxy) is 1. The van der Waals surface area contributed by atoms with E-state index in [9.17, 15) is 4.79 Å². The maximum Gasteiger partial charge on any atom is 0.239 e. The molecular formula is C19H31N5O2. The summed E-state index contributed by atoms with van der Waals surface area (Å²) in [4.78, 5) is 27.8. The molecule has 2 aliphatic rings. The highest BCUT2D eigenvalue weighted by Gasteiger charge is 2.29. The number of hydrogen-bond acceptors (Lipinski definition) is 6. The lowest BCUT2D eigenvalue weighted by Crippen LogP contribution is -2.47. The van der Waals surface area contributed by atoms with E-state index in [0.717, 1.165) is 69.6 Å². The van der Waals surface area contributed by atoms with Crippen LogP contribution in [0.2, 0.25) is 0 Å². The van der Waals surface area contributed by atoms with Crippen LogP contribution in [-0.4, -0.2) is 85.2 Å². The van der Waals surface area contributed by atoms with Crippen LogP contribution in [0.1, 0.15) is 37.2 Å². The fourth-order valence-corrected chi connectivity index (χ4v) is 3.85. The second-order valence-electron chi connectivity index (χ2n) is 7.52. The van der Waals surface area contributed by atoms with Crippen molar-refractivity contribution in [1.82, 2.24) is 19.8 Å². The van der Waals surface area contributed by atoms with Crippen molar-refractivity contribution in [1.29, 1.82) is 0 Å². The maximum absolute atomic E-state index is 12.2. The third-order valence-electron chi connectivity index (χ3n) is 5.47. The van der Waals surface area contributed by atoms with Gasteiger partial charge in [0, 0.05) is 44.9 Å². The second-order valence-corrected chi connectivity index (χ2v) is 7.52. The molecule has 0 unspecified atom stereocenters. The summed E-state index contributed by atoms with van der Waals surface area (Å²) in [5.41, 5.74) is 1.14. The largest absolute Gasteiger partial charge is 0.378 e. The number of carbonyl (C=O) groups is 1. The van der Waals surface area contributed by atoms with Crippen LogP contribution in [0.3, 0.4) is 0 Å². The number of hydrogen-bond donors (Lipinski definition) is 0. The molecule has 1 amide bonds. The van der Waals surface area contributed by atoms with Crippen molar-refractivity contribution in [2.24, 2.45) is 0 Å². The molecule has 0 saturated carbocycles. The lowest BCUT2D eigenvalue weighted by atomic mass is 9.92. The van der Waals surface area contributed by atoms with Gasteiger partial charge in [0.15, 0.2) is 0 Å². The number of aryl methyl sites for hydroxylation is 1. The lowest BCUT2D eigenvalue weighted by Gasteiger charge is -2.36. The SMILES string of the molecule is Cc1nc(C2CCN([C@@H](C)C(=O)N(C)C)CC2)cc(N2CCOCC2)n1. The minimum atomic E-state index is -0.0537. The Bertz CT molecular complexity index is 622. The molecule has 3 rings (SSSR count). The fourth-order valence-electron chi connectivity index (χ4n) is 3.85. The van der Waals surface area contributed by atoms with Crippen molar-refractivity contribution in [2.45, 2.75) is 38.6 Å². The van der Waals surface area contributed by atoms with E-state index in [4.69, 9.17) is 9.72 Å². The first-order valence-corrected chi connectivity index (χ1v) is 9.59. The molecular weight excluding hydrogens is 330 g/mol. The van der Waals surface area contributed by atoms with Gasteiger partial charge in [-0.3, -0.25) is 9.69 Å². The monoisotopic (exact) mass is 361 g/mol. The number of nitrogens with zero attached hydrogens (tertiary/aromatic N) is 5. The average Bonchev–Trinajstić information content (AvgIpc) is 2.67. The van der Waals surface area contributed by atoms with Crippen LogP contribution in [0.5, 0.6) is 0 Å². The van der Waals surface area contributed by atoms with E-state index in [1.165, 1.54) is 0 Å². The van der Waals surface area contributed by atoms with Crippen molar-refractivity contribution in [2.75, 3.05) is 58.4 Å². The van der Waals surface area contributed by atoms with Crippen LogP contribution < -0.4 is 4.90 Å². The lowest BCUT2D eigenvalue weighted by molar-refractivity contribution is -0.134. The number of piperidine rings is 1. The van der Waals surface area contributed by atoms with Gasteiger partial charge in [0.1, 0.15) is 11.6 Å². The standard InChI is InChI=1S/C19H31N5O2/c1-14(19(25)22(3)4)23-7-5-16(6-8-23)17-13-18(21-15(2)20-17)24-9-11-26-12-10-24/h13-14,16H,5-12H2,1-4H3/t14-/m0/s1. The van der Waals surface area contributed by atoms with Crippen LogP contribution in [0.4, 0.5) is 5.82 Å². The molecule has 0 spiro atoms. The Labute approximate surface area is 156 Å². The summed E-state index contributed by atoms with van der Waals surface area (Å²) in [5, 5.41) is 0. The quantitative estimate of drug-likeness (QED) is 0.805. The molecule has 0 N–H and O–H groups in total. The maximum atomic E-state index is 12.2. The summed E-state index contributed by atoms with van der Waals surface area (Å²) in [7, 11) is 3.64. The molecule has 0 aliphatic carbocycles. The molecule has 7 nitrogen and oxygen atoms in total. The van der Waals surface area contributed by atoms with E-state index in [1.54, 1.807) is 4.90 Å². The third-order valence-corrected chi connectivity index (χ3v) is 5.47. The molecule has 0 bridgehead atoms. The van der Waals surface area contributed by atoms with Gasteiger partial charge in [-0.15, -0.1) is 0 Å². The summed E-state index contributed by atoms with van der Waals surface area (Å²) >= 11 is 0. The first-order chi connectivity index (χ1) is 12.5. The summed E-state index contributed by atoms with van der Waals surface area (Å²) in [6.45, 7) is 9.14. The summed E-state index contributed by atoms with van der Waals surface area (Å²) in [6.07, 6.45) is 2.06. The Balaban J connectivity index is 1.65. The van der Waals surface area contributed by atoms with Gasteiger partial charge in [0.25, 0.3) is 0 Å². The average molecular weight is 361 g/mol. The molecule has 7 heteroatoms. The molecule has 2 aliphatic heterocycles. The predicted octanol–water partition coefficient (Wildman–Crippen LogP) is 1.28. The van der Waals surface area contributed by atoms with E-state index >= 15 is 0 Å². The predicted molar refractivity (Wildman–Crippen MR) is 102 cm³/mol. The van der Waals surface area contributed by atoms with E-state index in [2.05, 4.69) is 20.9 Å². The molecule has 3 heterocycles. The number of anilines is 1. The van der Waals surface area contributed by atoms with Crippen LogP contribution in [0.25, 0.3) is 0 Å². The third kappa shape index (κ3) is 4.32. The Kier molecular flexibility index (Phi) is 6.09. The second kappa shape index (κ2) is 8.31. The van der Waals surface area contributed by atoms with Gasteiger partial charge in [0.2, 0.25) is 5.91 Å². The minimum absolute atomic E-state index is 0.0537. The summed E-state index contributed by atoms with van der Waals surface area (Å²) < 4.78 is 5.45. The highest BCUT2D eigenvalue weighted by molar-refractivity contribution is 5.80. The van der Waals surface area contributed by atoms with Crippen LogP contribution in [0, 0.1) is 6.92 Å². The van der Waals surface area contributed by atoms with Crippen molar-refractivity contribution in [3.05, 3.63) is 17.6 Å². The molecule has 1 atom stereocenters. The van der Waals surface area contributed by atoms with Gasteiger partial charge in [-0.25, -0.2) is 9.97 Å². The van der Waals surface area contributed by atoms with Crippen LogP contribution in [0.15, 0.2) is 6.07 Å². The van der Waals surface area contributed by atoms with Crippen molar-refractivity contribution in [3.63, 3.8) is 0 Å². The summed E-state index contributed by atoms with van der Waals surface area (Å²) in [6, 6.07) is 2.11. The molecule has 1 aromatic heterocycles. The number of morpholine rings is 1. The zero-order valence-electron chi connectivity index (χ0n) is 16.4. The Morgan fingerprint density at radius 3 is 2.46 bits per heavy atom. The van der Waals surface area contributed by atoms with Gasteiger partial charge in [-0.05, 0) is 39.8 Å². The normalized spacial score (nSPS) is 20.8. The van der Waals surface area contributed by atoms with E-state index in [-0.39, 0.29) is 11.9 Å². The Hall–Kier alpha value is -1.73. The first-order valence-electron chi connectivity index (χ1n) is 9.59. The van der Waals surface area contributed by atoms with Crippen molar-refractivity contribution in [3.8, 4) is 0 Å². The summed E-state index contributed by atoms with van der Waals surface area (Å²) in [5.74, 6) is 2.47. The zero-order valence-corrected chi connectivity index (χ0v) is 16.4. The highest BCUT2D eigenvalue weighted by Crippen LogP contribution is 2.29. The van der Waals surface area contributed by atoms with Crippen molar-refractivity contribution >= 4 is 11.7 Å². The van der Waals surface area contributed by atoms with Crippen molar-refractivity contribution < 1.29 is 9.53 Å². The topological polar surface area (TPSA) is 61.8 Å². The highest BCUT2D eigenvalue weighted by atomic mass is 16.5. The first kappa shape index (κ1) is 19.0. The Morgan fingerprint density at radius 1 is 1.19 bits per heavy atom. The van der Waals surface area contributed by atoms with Crippen LogP contribution in [-0.2, 0) is 9.53 Å². The molecule has 1 aromatic rings. The number of likely N-dealkylation sites (N-methyl/N-ethyl adjacent to an activating group) is 1. The molecule has 0 aromatic carbocycles. The van der Waals surface area contributed by atoms with Crippen LogP contribution >= 0.6 is 0 Å². The number of rotatable bonds is 4. The molecule has 0 radical (unpaired) electrons. The van der Waals surface area contributed by atoms with E-state index < -0.39 is 0 Å². The minimum Gasteiger partial charge on any atom is -0.378 e. The van der Waals surface area contributed by atoms with E-state index in [1.807, 2.05) is 27.9 Å². The van der Waals surface area contributed by atoms with Gasteiger partial charge >= 0.3 is 0 Å². The van der Waals surface area contributed by atoms with E-state index in [0.29, 0.717) is 5.92 Å². The number of amides is 1. The zero-order chi connectivity index (χ0) is 18.7. The number of aromatic nitrogens is 2. The molecule has 144 valence electrons. The fraction of sp³-hybridized carbons (Fsp3) is 0.737. The van der Waals surface area contributed by atoms with Gasteiger partial charge < -0.3 is 14.5 Å². The number of likely N-dealkylation sites (tertiary alicyclic amines) is 1. The van der Waals surface area contributed by atoms with Gasteiger partial charge in [-0.2, -0.15) is 0 Å². The smallest absolute Gasteiger partial charge is 0.239 e. The van der Waals surface area contributed by atoms with Gasteiger partial charge in [-0.1, -0.05) is 0 Å².